The van der Waals surface area contributed by atoms with Crippen molar-refractivity contribution in [3.63, 3.8) is 0 Å². The highest BCUT2D eigenvalue weighted by Crippen LogP contribution is 2.29. The fraction of sp³-hybridized carbons (Fsp3) is 0.375. The fourth-order valence-electron chi connectivity index (χ4n) is 5.95. The van der Waals surface area contributed by atoms with Gasteiger partial charge in [0.05, 0.1) is 19.6 Å². The molecule has 0 bridgehead atoms. The summed E-state index contributed by atoms with van der Waals surface area (Å²) in [7, 11) is 0. The second kappa shape index (κ2) is 20.5. The smallest absolute Gasteiger partial charge is 0.407 e. The molecule has 270 valence electrons. The van der Waals surface area contributed by atoms with Gasteiger partial charge in [-0.2, -0.15) is 0 Å². The molecule has 0 radical (unpaired) electrons. The average Bonchev–Trinajstić information content (AvgIpc) is 3.57. The molecule has 0 unspecified atom stereocenters. The maximum absolute atomic E-state index is 14.2. The Morgan fingerprint density at radius 2 is 1.45 bits per heavy atom. The zero-order chi connectivity index (χ0) is 36.3. The molecule has 0 aliphatic carbocycles. The number of aryl methyl sites for hydroxylation is 2. The monoisotopic (exact) mass is 695 g/mol. The van der Waals surface area contributed by atoms with Crippen molar-refractivity contribution < 1.29 is 28.7 Å². The summed E-state index contributed by atoms with van der Waals surface area (Å²) in [6, 6.07) is 26.8. The summed E-state index contributed by atoms with van der Waals surface area (Å²) < 4.78 is 13.1. The van der Waals surface area contributed by atoms with E-state index in [2.05, 4.69) is 10.3 Å². The Morgan fingerprint density at radius 3 is 2.04 bits per heavy atom. The number of imidazole rings is 1. The zero-order valence-electron chi connectivity index (χ0n) is 29.3. The number of hydrogen-bond donors (Lipinski definition) is 2. The molecule has 3 N–H and O–H groups in total. The van der Waals surface area contributed by atoms with Gasteiger partial charge in [-0.05, 0) is 62.1 Å². The van der Waals surface area contributed by atoms with Gasteiger partial charge in [-0.1, -0.05) is 91.0 Å². The summed E-state index contributed by atoms with van der Waals surface area (Å²) in [4.78, 5) is 59.4. The first-order chi connectivity index (χ1) is 24.8. The van der Waals surface area contributed by atoms with Gasteiger partial charge in [-0.3, -0.25) is 14.5 Å². The zero-order valence-corrected chi connectivity index (χ0v) is 29.3. The number of benzene rings is 3. The van der Waals surface area contributed by atoms with Gasteiger partial charge in [0.15, 0.2) is 0 Å². The van der Waals surface area contributed by atoms with Crippen molar-refractivity contribution in [2.24, 2.45) is 5.73 Å². The number of nitrogens with one attached hydrogen (secondary N) is 1. The highest BCUT2D eigenvalue weighted by Gasteiger charge is 2.44. The van der Waals surface area contributed by atoms with E-state index < -0.39 is 29.5 Å². The number of alkyl carbamates (subject to hydrolysis) is 1. The van der Waals surface area contributed by atoms with Gasteiger partial charge < -0.3 is 29.9 Å². The van der Waals surface area contributed by atoms with Crippen molar-refractivity contribution in [3.8, 4) is 0 Å². The minimum absolute atomic E-state index is 0.0806. The molecule has 0 fully saturated rings. The number of rotatable bonds is 21. The number of nitrogens with zero attached hydrogens (tertiary/aromatic N) is 3. The third-order valence-corrected chi connectivity index (χ3v) is 8.76. The highest BCUT2D eigenvalue weighted by atomic mass is 16.5. The lowest BCUT2D eigenvalue weighted by Crippen LogP contribution is -2.61. The predicted octanol–water partition coefficient (Wildman–Crippen LogP) is 5.54. The molecule has 0 aliphatic rings. The van der Waals surface area contributed by atoms with Crippen LogP contribution in [0.25, 0.3) is 0 Å². The molecule has 51 heavy (non-hydrogen) atoms. The van der Waals surface area contributed by atoms with Crippen LogP contribution in [0.3, 0.4) is 0 Å². The van der Waals surface area contributed by atoms with E-state index in [1.54, 1.807) is 6.20 Å². The standard InChI is InChI=1S/C40H49N5O6/c1-32-42-24-26-44(32)25-14-12-22-40(31-46,21-11-13-23-43-39(49)51-29-35-19-9-4-10-20-35)45(37(47)27-33-15-5-2-6-16-33)38(48)36(41)30-50-28-34-17-7-3-8-18-34/h2-10,15-20,24,26,31,36H,11-14,21-23,25,27-30,41H2,1H3,(H,43,49)/t36-,40+/m0/s1. The second-order valence-electron chi connectivity index (χ2n) is 12.6. The van der Waals surface area contributed by atoms with E-state index in [9.17, 15) is 19.2 Å². The lowest BCUT2D eigenvalue weighted by Gasteiger charge is -2.40. The van der Waals surface area contributed by atoms with Crippen LogP contribution in [0.1, 0.15) is 61.0 Å². The van der Waals surface area contributed by atoms with Gasteiger partial charge >= 0.3 is 6.09 Å². The number of imide groups is 1. The third kappa shape index (κ3) is 12.3. The lowest BCUT2D eigenvalue weighted by atomic mass is 9.85. The summed E-state index contributed by atoms with van der Waals surface area (Å²) in [6.07, 6.45) is 6.38. The van der Waals surface area contributed by atoms with Gasteiger partial charge in [0.25, 0.3) is 0 Å². The van der Waals surface area contributed by atoms with Crippen LogP contribution in [-0.4, -0.2) is 63.4 Å². The van der Waals surface area contributed by atoms with Gasteiger partial charge in [-0.15, -0.1) is 0 Å². The summed E-state index contributed by atoms with van der Waals surface area (Å²) in [5.74, 6) is -0.295. The van der Waals surface area contributed by atoms with Crippen LogP contribution in [-0.2, 0) is 50.0 Å². The number of nitrogens with two attached hydrogens (primary N) is 1. The van der Waals surface area contributed by atoms with Crippen molar-refractivity contribution in [2.45, 2.75) is 83.2 Å². The molecule has 11 heteroatoms. The van der Waals surface area contributed by atoms with Crippen LogP contribution in [0.2, 0.25) is 0 Å². The molecule has 0 saturated heterocycles. The number of ether oxygens (including phenoxy) is 2. The quantitative estimate of drug-likeness (QED) is 0.0854. The fourth-order valence-corrected chi connectivity index (χ4v) is 5.95. The van der Waals surface area contributed by atoms with Crippen LogP contribution in [0.5, 0.6) is 0 Å². The first-order valence-corrected chi connectivity index (χ1v) is 17.5. The van der Waals surface area contributed by atoms with Crippen molar-refractivity contribution in [1.29, 1.82) is 0 Å². The summed E-state index contributed by atoms with van der Waals surface area (Å²) in [5, 5.41) is 2.75. The summed E-state index contributed by atoms with van der Waals surface area (Å²) in [5.41, 5.74) is 7.47. The number of carbonyl (C=O) groups is 4. The first kappa shape index (κ1) is 38.7. The van der Waals surface area contributed by atoms with Gasteiger partial charge in [-0.25, -0.2) is 9.78 Å². The van der Waals surface area contributed by atoms with E-state index in [4.69, 9.17) is 15.2 Å². The minimum atomic E-state index is -1.46. The average molecular weight is 696 g/mol. The number of aldehydes is 1. The van der Waals surface area contributed by atoms with Gasteiger partial charge in [0.1, 0.15) is 30.3 Å². The van der Waals surface area contributed by atoms with E-state index in [-0.39, 0.29) is 39.1 Å². The number of hydrogen-bond acceptors (Lipinski definition) is 8. The first-order valence-electron chi connectivity index (χ1n) is 17.5. The second-order valence-corrected chi connectivity index (χ2v) is 12.6. The Labute approximate surface area is 300 Å². The lowest BCUT2D eigenvalue weighted by molar-refractivity contribution is -0.157. The topological polar surface area (TPSA) is 146 Å². The Bertz CT molecular complexity index is 1650. The molecule has 0 saturated carbocycles. The molecule has 0 aliphatic heterocycles. The van der Waals surface area contributed by atoms with Crippen LogP contribution in [0.4, 0.5) is 4.79 Å². The van der Waals surface area contributed by atoms with Gasteiger partial charge in [0.2, 0.25) is 11.8 Å². The maximum atomic E-state index is 14.2. The molecule has 4 rings (SSSR count). The number of carbonyl (C=O) groups excluding carboxylic acids is 4. The molecular formula is C40H49N5O6. The maximum Gasteiger partial charge on any atom is 0.407 e. The van der Waals surface area contributed by atoms with E-state index in [1.165, 1.54) is 0 Å². The summed E-state index contributed by atoms with van der Waals surface area (Å²) in [6.45, 7) is 3.15. The van der Waals surface area contributed by atoms with E-state index in [1.807, 2.05) is 109 Å². The van der Waals surface area contributed by atoms with Crippen LogP contribution >= 0.6 is 0 Å². The normalized spacial score (nSPS) is 12.7. The van der Waals surface area contributed by atoms with Crippen molar-refractivity contribution >= 4 is 24.2 Å². The molecule has 3 aromatic carbocycles. The minimum Gasteiger partial charge on any atom is -0.445 e. The number of amides is 3. The summed E-state index contributed by atoms with van der Waals surface area (Å²) >= 11 is 0. The molecule has 2 atom stereocenters. The van der Waals surface area contributed by atoms with Crippen LogP contribution in [0.15, 0.2) is 103 Å². The Balaban J connectivity index is 1.48. The molecule has 4 aromatic rings. The third-order valence-electron chi connectivity index (χ3n) is 8.76. The van der Waals surface area contributed by atoms with Gasteiger partial charge in [0, 0.05) is 25.5 Å². The molecule has 3 amide bonds. The molecule has 0 spiro atoms. The number of unbranched alkanes of at least 4 members (excludes halogenated alkanes) is 2. The largest absolute Gasteiger partial charge is 0.445 e. The van der Waals surface area contributed by atoms with E-state index >= 15 is 0 Å². The van der Waals surface area contributed by atoms with Crippen molar-refractivity contribution in [1.82, 2.24) is 19.8 Å². The predicted molar refractivity (Wildman–Crippen MR) is 194 cm³/mol. The highest BCUT2D eigenvalue weighted by molar-refractivity contribution is 6.02. The van der Waals surface area contributed by atoms with Crippen LogP contribution in [0, 0.1) is 6.92 Å². The number of aromatic nitrogens is 2. The molecule has 1 aromatic heterocycles. The molecule has 11 nitrogen and oxygen atoms in total. The van der Waals surface area contributed by atoms with E-state index in [0.29, 0.717) is 44.3 Å². The Kier molecular flexibility index (Phi) is 15.6. The SMILES string of the molecule is Cc1nccn1CCCC[C@@](C=O)(CCCCNC(=O)OCc1ccccc1)N(C(=O)Cc1ccccc1)C(=O)[C@@H](N)COCc1ccccc1. The van der Waals surface area contributed by atoms with Crippen molar-refractivity contribution in [3.05, 3.63) is 126 Å². The van der Waals surface area contributed by atoms with Crippen molar-refractivity contribution in [2.75, 3.05) is 13.2 Å². The molecule has 1 heterocycles. The molecular weight excluding hydrogens is 646 g/mol. The van der Waals surface area contributed by atoms with E-state index in [0.717, 1.165) is 28.1 Å². The van der Waals surface area contributed by atoms with Crippen LogP contribution < -0.4 is 11.1 Å². The Hall–Kier alpha value is -5.13. The Morgan fingerprint density at radius 1 is 0.863 bits per heavy atom.